The van der Waals surface area contributed by atoms with Gasteiger partial charge in [-0.1, -0.05) is 11.6 Å². The van der Waals surface area contributed by atoms with Gasteiger partial charge in [0.15, 0.2) is 0 Å². The molecule has 2 aromatic rings. The number of hydrogen-bond donors (Lipinski definition) is 2. The molecular formula is C14H13ClN4O4. The van der Waals surface area contributed by atoms with Crippen LogP contribution in [0.15, 0.2) is 18.3 Å². The first-order valence-electron chi connectivity index (χ1n) is 7.00. The van der Waals surface area contributed by atoms with Crippen molar-refractivity contribution in [3.8, 4) is 5.75 Å². The average molecular weight is 337 g/mol. The normalized spacial score (nSPS) is 13.4. The van der Waals surface area contributed by atoms with Crippen molar-refractivity contribution in [2.45, 2.75) is 25.8 Å². The number of benzene rings is 1. The van der Waals surface area contributed by atoms with Crippen LogP contribution >= 0.6 is 11.6 Å². The number of fused-ring (bicyclic) bond motifs is 1. The Morgan fingerprint density at radius 1 is 1.43 bits per heavy atom. The number of halogens is 1. The highest BCUT2D eigenvalue weighted by molar-refractivity contribution is 6.31. The van der Waals surface area contributed by atoms with Gasteiger partial charge in [-0.15, -0.1) is 0 Å². The molecule has 1 aliphatic rings. The molecule has 0 saturated heterocycles. The van der Waals surface area contributed by atoms with E-state index in [-0.39, 0.29) is 10.7 Å². The summed E-state index contributed by atoms with van der Waals surface area (Å²) in [4.78, 5) is 22.5. The van der Waals surface area contributed by atoms with Gasteiger partial charge in [0, 0.05) is 17.6 Å². The van der Waals surface area contributed by atoms with Gasteiger partial charge >= 0.3 is 5.69 Å². The number of nitrogens with one attached hydrogen (secondary N) is 1. The molecule has 23 heavy (non-hydrogen) atoms. The Labute approximate surface area is 135 Å². The summed E-state index contributed by atoms with van der Waals surface area (Å²) in [5, 5.41) is 27.5. The SMILES string of the molecule is O=C(Nc1cc(Cl)cc([N+](=O)[O-])c1O)c1cnn2c1CCCC2. The zero-order valence-corrected chi connectivity index (χ0v) is 12.7. The lowest BCUT2D eigenvalue weighted by molar-refractivity contribution is -0.385. The molecule has 1 aliphatic heterocycles. The lowest BCUT2D eigenvalue weighted by Gasteiger charge is -2.14. The fourth-order valence-corrected chi connectivity index (χ4v) is 2.83. The maximum absolute atomic E-state index is 12.4. The number of nitrogens with zero attached hydrogens (tertiary/aromatic N) is 3. The van der Waals surface area contributed by atoms with Crippen LogP contribution in [0, 0.1) is 10.1 Å². The standard InChI is InChI=1S/C14H13ClN4O4/c15-8-5-10(13(20)12(6-8)19(22)23)17-14(21)9-7-16-18-4-2-1-3-11(9)18/h5-7,20H,1-4H2,(H,17,21). The second kappa shape index (κ2) is 5.88. The third kappa shape index (κ3) is 2.85. The smallest absolute Gasteiger partial charge is 0.314 e. The Balaban J connectivity index is 1.92. The zero-order chi connectivity index (χ0) is 16.6. The number of hydrogen-bond acceptors (Lipinski definition) is 5. The van der Waals surface area contributed by atoms with Crippen molar-refractivity contribution in [1.82, 2.24) is 9.78 Å². The highest BCUT2D eigenvalue weighted by Gasteiger charge is 2.23. The first-order valence-corrected chi connectivity index (χ1v) is 7.38. The van der Waals surface area contributed by atoms with E-state index in [0.717, 1.165) is 37.6 Å². The van der Waals surface area contributed by atoms with Gasteiger partial charge in [0.25, 0.3) is 5.91 Å². The van der Waals surface area contributed by atoms with E-state index >= 15 is 0 Å². The Morgan fingerprint density at radius 3 is 2.96 bits per heavy atom. The van der Waals surface area contributed by atoms with Gasteiger partial charge < -0.3 is 10.4 Å². The second-order valence-corrected chi connectivity index (χ2v) is 5.65. The van der Waals surface area contributed by atoms with Crippen LogP contribution in [0.1, 0.15) is 28.9 Å². The second-order valence-electron chi connectivity index (χ2n) is 5.22. The summed E-state index contributed by atoms with van der Waals surface area (Å²) in [6.45, 7) is 0.760. The predicted octanol–water partition coefficient (Wildman–Crippen LogP) is 2.74. The number of rotatable bonds is 3. The van der Waals surface area contributed by atoms with Crippen LogP contribution in [-0.4, -0.2) is 25.7 Å². The number of anilines is 1. The number of aromatic nitrogens is 2. The lowest BCUT2D eigenvalue weighted by Crippen LogP contribution is -2.17. The number of nitro benzene ring substituents is 1. The maximum atomic E-state index is 12.4. The zero-order valence-electron chi connectivity index (χ0n) is 12.0. The van der Waals surface area contributed by atoms with Crippen LogP contribution in [0.4, 0.5) is 11.4 Å². The van der Waals surface area contributed by atoms with Gasteiger partial charge in [-0.3, -0.25) is 19.6 Å². The Hall–Kier alpha value is -2.61. The Kier molecular flexibility index (Phi) is 3.91. The largest absolute Gasteiger partial charge is 0.501 e. The van der Waals surface area contributed by atoms with Crippen molar-refractivity contribution < 1.29 is 14.8 Å². The molecule has 0 radical (unpaired) electrons. The Bertz CT molecular complexity index is 802. The summed E-state index contributed by atoms with van der Waals surface area (Å²) < 4.78 is 1.78. The van der Waals surface area contributed by atoms with Crippen LogP contribution in [0.3, 0.4) is 0 Å². The summed E-state index contributed by atoms with van der Waals surface area (Å²) in [6.07, 6.45) is 4.19. The quantitative estimate of drug-likeness (QED) is 0.508. The number of amides is 1. The van der Waals surface area contributed by atoms with E-state index in [0.29, 0.717) is 5.56 Å². The van der Waals surface area contributed by atoms with Crippen molar-refractivity contribution in [3.05, 3.63) is 44.7 Å². The first-order chi connectivity index (χ1) is 11.0. The van der Waals surface area contributed by atoms with Crippen LogP contribution in [0.5, 0.6) is 5.75 Å². The molecule has 2 heterocycles. The molecule has 0 saturated carbocycles. The van der Waals surface area contributed by atoms with E-state index in [2.05, 4.69) is 10.4 Å². The van der Waals surface area contributed by atoms with E-state index in [1.54, 1.807) is 4.68 Å². The van der Waals surface area contributed by atoms with E-state index < -0.39 is 22.3 Å². The summed E-state index contributed by atoms with van der Waals surface area (Å²) in [5.74, 6) is -1.12. The van der Waals surface area contributed by atoms with Crippen LogP contribution in [-0.2, 0) is 13.0 Å². The molecule has 1 aromatic carbocycles. The van der Waals surface area contributed by atoms with Crippen molar-refractivity contribution in [2.75, 3.05) is 5.32 Å². The van der Waals surface area contributed by atoms with Gasteiger partial charge in [-0.05, 0) is 25.3 Å². The van der Waals surface area contributed by atoms with Gasteiger partial charge in [-0.2, -0.15) is 5.10 Å². The number of nitro groups is 1. The number of phenolic OH excluding ortho intramolecular Hbond substituents is 1. The van der Waals surface area contributed by atoms with Crippen molar-refractivity contribution in [1.29, 1.82) is 0 Å². The molecular weight excluding hydrogens is 324 g/mol. The van der Waals surface area contributed by atoms with Gasteiger partial charge in [0.2, 0.25) is 5.75 Å². The number of aromatic hydroxyl groups is 1. The third-order valence-electron chi connectivity index (χ3n) is 3.73. The fraction of sp³-hybridized carbons (Fsp3) is 0.286. The summed E-state index contributed by atoms with van der Waals surface area (Å²) >= 11 is 5.81. The summed E-state index contributed by atoms with van der Waals surface area (Å²) in [5.41, 5.74) is 0.547. The minimum absolute atomic E-state index is 0.0434. The molecule has 0 spiro atoms. The van der Waals surface area contributed by atoms with Crippen molar-refractivity contribution in [2.24, 2.45) is 0 Å². The number of carbonyl (C=O) groups excluding carboxylic acids is 1. The molecule has 1 aromatic heterocycles. The average Bonchev–Trinajstić information content (AvgIpc) is 2.94. The van der Waals surface area contributed by atoms with Crippen LogP contribution in [0.25, 0.3) is 0 Å². The van der Waals surface area contributed by atoms with E-state index in [9.17, 15) is 20.0 Å². The number of aryl methyl sites for hydroxylation is 1. The van der Waals surface area contributed by atoms with Crippen molar-refractivity contribution >= 4 is 28.9 Å². The molecule has 120 valence electrons. The molecule has 0 aliphatic carbocycles. The van der Waals surface area contributed by atoms with E-state index in [4.69, 9.17) is 11.6 Å². The monoisotopic (exact) mass is 336 g/mol. The molecule has 0 atom stereocenters. The molecule has 3 rings (SSSR count). The minimum atomic E-state index is -0.765. The summed E-state index contributed by atoms with van der Waals surface area (Å²) in [6, 6.07) is 2.28. The van der Waals surface area contributed by atoms with Gasteiger partial charge in [0.1, 0.15) is 0 Å². The molecule has 9 heteroatoms. The van der Waals surface area contributed by atoms with Gasteiger partial charge in [-0.25, -0.2) is 0 Å². The predicted molar refractivity (Wildman–Crippen MR) is 82.9 cm³/mol. The number of phenols is 1. The van der Waals surface area contributed by atoms with Crippen LogP contribution < -0.4 is 5.32 Å². The molecule has 8 nitrogen and oxygen atoms in total. The molecule has 1 amide bonds. The minimum Gasteiger partial charge on any atom is -0.501 e. The molecule has 0 fully saturated rings. The van der Waals surface area contributed by atoms with Crippen LogP contribution in [0.2, 0.25) is 5.02 Å². The fourth-order valence-electron chi connectivity index (χ4n) is 2.62. The molecule has 0 unspecified atom stereocenters. The topological polar surface area (TPSA) is 110 Å². The highest BCUT2D eigenvalue weighted by atomic mass is 35.5. The Morgan fingerprint density at radius 2 is 2.22 bits per heavy atom. The third-order valence-corrected chi connectivity index (χ3v) is 3.94. The van der Waals surface area contributed by atoms with E-state index in [1.807, 2.05) is 0 Å². The molecule has 2 N–H and O–H groups in total. The first kappa shape index (κ1) is 15.3. The highest BCUT2D eigenvalue weighted by Crippen LogP contribution is 2.37. The lowest BCUT2D eigenvalue weighted by atomic mass is 10.1. The van der Waals surface area contributed by atoms with Gasteiger partial charge in [0.05, 0.1) is 28.1 Å². The van der Waals surface area contributed by atoms with Crippen molar-refractivity contribution in [3.63, 3.8) is 0 Å². The summed E-state index contributed by atoms with van der Waals surface area (Å²) in [7, 11) is 0. The molecule has 0 bridgehead atoms. The maximum Gasteiger partial charge on any atom is 0.314 e. The van der Waals surface area contributed by atoms with E-state index in [1.165, 1.54) is 12.3 Å². The number of carbonyl (C=O) groups is 1.